The van der Waals surface area contributed by atoms with Crippen molar-refractivity contribution in [3.8, 4) is 0 Å². The molecule has 0 saturated heterocycles. The highest BCUT2D eigenvalue weighted by atomic mass is 16.5. The van der Waals surface area contributed by atoms with Crippen molar-refractivity contribution in [2.75, 3.05) is 17.9 Å². The molecule has 0 amide bonds. The minimum absolute atomic E-state index is 0.342. The number of nitrogens with two attached hydrogens (primary N) is 1. The molecule has 2 rings (SSSR count). The Labute approximate surface area is 118 Å². The van der Waals surface area contributed by atoms with Crippen LogP contribution in [-0.2, 0) is 17.9 Å². The molecule has 1 aromatic heterocycles. The molecule has 0 spiro atoms. The van der Waals surface area contributed by atoms with Gasteiger partial charge >= 0.3 is 0 Å². The van der Waals surface area contributed by atoms with Crippen LogP contribution in [0, 0.1) is 6.92 Å². The van der Waals surface area contributed by atoms with Crippen molar-refractivity contribution in [1.29, 1.82) is 0 Å². The van der Waals surface area contributed by atoms with Crippen LogP contribution in [0.3, 0.4) is 0 Å². The highest BCUT2D eigenvalue weighted by molar-refractivity contribution is 5.47. The first kappa shape index (κ1) is 14.2. The van der Waals surface area contributed by atoms with Crippen molar-refractivity contribution in [1.82, 2.24) is 9.97 Å². The van der Waals surface area contributed by atoms with Crippen molar-refractivity contribution in [3.05, 3.63) is 47.3 Å². The fraction of sp³-hybridized carbons (Fsp3) is 0.286. The molecule has 6 nitrogen and oxygen atoms in total. The van der Waals surface area contributed by atoms with E-state index in [4.69, 9.17) is 10.6 Å². The number of rotatable bonds is 6. The molecule has 4 N–H and O–H groups in total. The van der Waals surface area contributed by atoms with Gasteiger partial charge < -0.3 is 15.5 Å². The van der Waals surface area contributed by atoms with E-state index in [0.717, 1.165) is 0 Å². The van der Waals surface area contributed by atoms with Crippen LogP contribution in [0.25, 0.3) is 0 Å². The molecule has 0 aliphatic rings. The van der Waals surface area contributed by atoms with E-state index in [1.165, 1.54) is 11.1 Å². The lowest BCUT2D eigenvalue weighted by Gasteiger charge is -2.10. The van der Waals surface area contributed by atoms with Crippen LogP contribution >= 0.6 is 0 Å². The number of ether oxygens (including phenoxy) is 1. The number of nitrogens with one attached hydrogen (secondary N) is 2. The molecule has 0 atom stereocenters. The Morgan fingerprint density at radius 2 is 2.00 bits per heavy atom. The topological polar surface area (TPSA) is 85.1 Å². The summed E-state index contributed by atoms with van der Waals surface area (Å²) in [4.78, 5) is 8.56. The Balaban J connectivity index is 2.10. The van der Waals surface area contributed by atoms with E-state index in [9.17, 15) is 0 Å². The smallest absolute Gasteiger partial charge is 0.158 e. The second-order valence-electron chi connectivity index (χ2n) is 4.47. The molecule has 2 aromatic rings. The second-order valence-corrected chi connectivity index (χ2v) is 4.47. The van der Waals surface area contributed by atoms with Gasteiger partial charge in [0.05, 0.1) is 0 Å². The maximum absolute atomic E-state index is 5.40. The summed E-state index contributed by atoms with van der Waals surface area (Å²) in [6, 6.07) is 10.1. The molecular weight excluding hydrogens is 254 g/mol. The minimum Gasteiger partial charge on any atom is -0.377 e. The van der Waals surface area contributed by atoms with Crippen molar-refractivity contribution in [2.45, 2.75) is 20.1 Å². The van der Waals surface area contributed by atoms with E-state index < -0.39 is 0 Å². The van der Waals surface area contributed by atoms with E-state index >= 15 is 0 Å². The quantitative estimate of drug-likeness (QED) is 0.550. The van der Waals surface area contributed by atoms with Crippen LogP contribution in [0.15, 0.2) is 30.3 Å². The molecule has 1 heterocycles. The lowest BCUT2D eigenvalue weighted by Crippen LogP contribution is -2.12. The van der Waals surface area contributed by atoms with E-state index in [1.807, 2.05) is 6.07 Å². The van der Waals surface area contributed by atoms with Gasteiger partial charge in [-0.25, -0.2) is 15.8 Å². The molecule has 0 radical (unpaired) electrons. The number of aryl methyl sites for hydroxylation is 1. The Hall–Kier alpha value is -2.18. The summed E-state index contributed by atoms with van der Waals surface area (Å²) in [6.07, 6.45) is 0. The van der Waals surface area contributed by atoms with Gasteiger partial charge in [0.2, 0.25) is 0 Å². The second kappa shape index (κ2) is 6.83. The maximum atomic E-state index is 5.40. The van der Waals surface area contributed by atoms with Gasteiger partial charge in [0.25, 0.3) is 0 Å². The number of benzene rings is 1. The number of anilines is 2. The van der Waals surface area contributed by atoms with E-state index in [1.54, 1.807) is 13.2 Å². The van der Waals surface area contributed by atoms with E-state index in [0.29, 0.717) is 30.6 Å². The summed E-state index contributed by atoms with van der Waals surface area (Å²) < 4.78 is 5.04. The highest BCUT2D eigenvalue weighted by Crippen LogP contribution is 2.13. The van der Waals surface area contributed by atoms with Gasteiger partial charge in [-0.05, 0) is 12.5 Å². The molecule has 0 aliphatic carbocycles. The van der Waals surface area contributed by atoms with Gasteiger partial charge in [0.1, 0.15) is 18.2 Å². The van der Waals surface area contributed by atoms with Gasteiger partial charge in [-0.15, -0.1) is 0 Å². The Morgan fingerprint density at radius 1 is 1.20 bits per heavy atom. The number of nitrogens with zero attached hydrogens (tertiary/aromatic N) is 2. The normalized spacial score (nSPS) is 10.3. The molecule has 20 heavy (non-hydrogen) atoms. The summed E-state index contributed by atoms with van der Waals surface area (Å²) in [5.41, 5.74) is 4.95. The lowest BCUT2D eigenvalue weighted by atomic mass is 10.1. The third-order valence-electron chi connectivity index (χ3n) is 2.75. The summed E-state index contributed by atoms with van der Waals surface area (Å²) >= 11 is 0. The van der Waals surface area contributed by atoms with Gasteiger partial charge in [-0.3, -0.25) is 0 Å². The van der Waals surface area contributed by atoms with E-state index in [2.05, 4.69) is 45.8 Å². The largest absolute Gasteiger partial charge is 0.377 e. The summed E-state index contributed by atoms with van der Waals surface area (Å²) in [5.74, 6) is 7.24. The van der Waals surface area contributed by atoms with Crippen LogP contribution < -0.4 is 16.6 Å². The number of hydrogen-bond acceptors (Lipinski definition) is 6. The lowest BCUT2D eigenvalue weighted by molar-refractivity contribution is 0.178. The average molecular weight is 273 g/mol. The van der Waals surface area contributed by atoms with Crippen molar-refractivity contribution >= 4 is 11.6 Å². The molecular formula is C14H19N5O. The van der Waals surface area contributed by atoms with Gasteiger partial charge in [-0.1, -0.05) is 29.8 Å². The number of hydrazine groups is 1. The third kappa shape index (κ3) is 3.91. The first-order valence-electron chi connectivity index (χ1n) is 6.34. The molecule has 1 aromatic carbocycles. The predicted octanol–water partition coefficient (Wildman–Crippen LogP) is 1.83. The SMILES string of the molecule is COCc1nc(NN)cc(NCc2cccc(C)c2)n1. The minimum atomic E-state index is 0.342. The Morgan fingerprint density at radius 3 is 2.70 bits per heavy atom. The summed E-state index contributed by atoms with van der Waals surface area (Å²) in [5, 5.41) is 3.26. The standard InChI is InChI=1S/C14H19N5O/c1-10-4-3-5-11(6-10)8-16-12-7-13(19-15)18-14(17-12)9-20-2/h3-7H,8-9,15H2,1-2H3,(H2,16,17,18,19). The molecule has 0 bridgehead atoms. The van der Waals surface area contributed by atoms with Gasteiger partial charge in [0.15, 0.2) is 5.82 Å². The number of nitrogen functional groups attached to an aromatic ring is 1. The molecule has 0 unspecified atom stereocenters. The summed E-state index contributed by atoms with van der Waals surface area (Å²) in [7, 11) is 1.60. The maximum Gasteiger partial charge on any atom is 0.158 e. The van der Waals surface area contributed by atoms with E-state index in [-0.39, 0.29) is 0 Å². The van der Waals surface area contributed by atoms with Crippen molar-refractivity contribution in [2.24, 2.45) is 5.84 Å². The van der Waals surface area contributed by atoms with Crippen LogP contribution in [0.2, 0.25) is 0 Å². The van der Waals surface area contributed by atoms with Crippen LogP contribution in [-0.4, -0.2) is 17.1 Å². The number of aromatic nitrogens is 2. The number of methoxy groups -OCH3 is 1. The zero-order valence-electron chi connectivity index (χ0n) is 11.7. The Kier molecular flexibility index (Phi) is 4.86. The van der Waals surface area contributed by atoms with Crippen molar-refractivity contribution in [3.63, 3.8) is 0 Å². The first-order chi connectivity index (χ1) is 9.71. The van der Waals surface area contributed by atoms with Crippen molar-refractivity contribution < 1.29 is 4.74 Å². The molecule has 6 heteroatoms. The fourth-order valence-corrected chi connectivity index (χ4v) is 1.87. The number of hydrogen-bond donors (Lipinski definition) is 3. The predicted molar refractivity (Wildman–Crippen MR) is 79.1 cm³/mol. The van der Waals surface area contributed by atoms with Gasteiger partial charge in [-0.2, -0.15) is 0 Å². The first-order valence-corrected chi connectivity index (χ1v) is 6.34. The average Bonchev–Trinajstić information content (AvgIpc) is 2.45. The zero-order valence-corrected chi connectivity index (χ0v) is 11.7. The fourth-order valence-electron chi connectivity index (χ4n) is 1.87. The third-order valence-corrected chi connectivity index (χ3v) is 2.75. The molecule has 0 saturated carbocycles. The molecule has 0 fully saturated rings. The zero-order chi connectivity index (χ0) is 14.4. The Bertz CT molecular complexity index is 573. The monoisotopic (exact) mass is 273 g/mol. The van der Waals surface area contributed by atoms with Crippen LogP contribution in [0.1, 0.15) is 17.0 Å². The van der Waals surface area contributed by atoms with Gasteiger partial charge in [0, 0.05) is 19.7 Å². The summed E-state index contributed by atoms with van der Waals surface area (Å²) in [6.45, 7) is 3.10. The van der Waals surface area contributed by atoms with Crippen LogP contribution in [0.4, 0.5) is 11.6 Å². The molecule has 0 aliphatic heterocycles. The van der Waals surface area contributed by atoms with Crippen LogP contribution in [0.5, 0.6) is 0 Å². The molecule has 106 valence electrons. The highest BCUT2D eigenvalue weighted by Gasteiger charge is 2.04.